The molecule has 3 radical (unpaired) electrons. The van der Waals surface area contributed by atoms with Crippen LogP contribution in [0.5, 0.6) is 5.75 Å². The van der Waals surface area contributed by atoms with Crippen molar-refractivity contribution in [3.63, 3.8) is 0 Å². The summed E-state index contributed by atoms with van der Waals surface area (Å²) in [6.07, 6.45) is 5.61. The molecule has 247 valence electrons. The Labute approximate surface area is 283 Å². The van der Waals surface area contributed by atoms with Crippen LogP contribution in [0.3, 0.4) is 0 Å². The van der Waals surface area contributed by atoms with Crippen LogP contribution in [0.25, 0.3) is 0 Å². The van der Waals surface area contributed by atoms with Gasteiger partial charge in [-0.15, -0.1) is 0 Å². The summed E-state index contributed by atoms with van der Waals surface area (Å²) in [5.41, 5.74) is 13.8. The third-order valence-electron chi connectivity index (χ3n) is 6.67. The van der Waals surface area contributed by atoms with Crippen LogP contribution in [-0.2, 0) is 16.1 Å². The molecule has 0 aliphatic carbocycles. The minimum absolute atomic E-state index is 0.0618. The van der Waals surface area contributed by atoms with Gasteiger partial charge in [-0.05, 0) is 36.2 Å². The zero-order valence-corrected chi connectivity index (χ0v) is 30.4. The first-order valence-corrected chi connectivity index (χ1v) is 19.1. The second kappa shape index (κ2) is 23.0. The zero-order chi connectivity index (χ0) is 32.9. The summed E-state index contributed by atoms with van der Waals surface area (Å²) in [5.74, 6) is 5.56. The molecule has 2 aromatic rings. The molecule has 0 fully saturated rings. The molecule has 0 aliphatic rings. The average molecular weight is 839 g/mol. The van der Waals surface area contributed by atoms with Gasteiger partial charge >= 0.3 is 154 Å². The molecule has 0 aliphatic heterocycles. The summed E-state index contributed by atoms with van der Waals surface area (Å²) in [5, 5.41) is 13.3. The Morgan fingerprint density at radius 2 is 1.76 bits per heavy atom. The maximum absolute atomic E-state index is 12.8. The molecule has 2 atom stereocenters. The van der Waals surface area contributed by atoms with Gasteiger partial charge in [-0.1, -0.05) is 42.5 Å². The van der Waals surface area contributed by atoms with E-state index in [-0.39, 0.29) is 37.9 Å². The third-order valence-corrected chi connectivity index (χ3v) is 8.59. The van der Waals surface area contributed by atoms with Crippen LogP contribution in [0.1, 0.15) is 49.0 Å². The third kappa shape index (κ3) is 16.7. The molecule has 2 amide bonds. The number of nitrogens with zero attached hydrogens (tertiary/aromatic N) is 1. The van der Waals surface area contributed by atoms with Crippen molar-refractivity contribution in [2.75, 3.05) is 36.9 Å². The summed E-state index contributed by atoms with van der Waals surface area (Å²) < 4.78 is 6.56. The number of carbonyl (C=O) groups is 2. The Balaban J connectivity index is 1.86. The van der Waals surface area contributed by atoms with E-state index in [0.717, 1.165) is 66.7 Å². The Morgan fingerprint density at radius 1 is 1.04 bits per heavy atom. The summed E-state index contributed by atoms with van der Waals surface area (Å²) in [4.78, 5) is 45.1. The second-order valence-electron chi connectivity index (χ2n) is 10.4. The van der Waals surface area contributed by atoms with Crippen LogP contribution in [-0.4, -0.2) is 95.3 Å². The molecular weight excluding hydrogens is 791 g/mol. The van der Waals surface area contributed by atoms with Crippen molar-refractivity contribution in [2.45, 2.75) is 50.5 Å². The molecule has 15 heteroatoms. The van der Waals surface area contributed by atoms with Gasteiger partial charge in [-0.3, -0.25) is 5.32 Å². The fourth-order valence-electron chi connectivity index (χ4n) is 4.30. The van der Waals surface area contributed by atoms with Crippen molar-refractivity contribution in [3.8, 4) is 5.75 Å². The van der Waals surface area contributed by atoms with E-state index in [2.05, 4.69) is 21.3 Å². The van der Waals surface area contributed by atoms with Crippen LogP contribution in [0.4, 0.5) is 0 Å². The van der Waals surface area contributed by atoms with E-state index in [0.29, 0.717) is 31.1 Å². The molecule has 0 bridgehead atoms. The number of unbranched alkanes of at least 4 members (excludes halogenated alkanes) is 3. The van der Waals surface area contributed by atoms with Gasteiger partial charge in [-0.2, -0.15) is 0 Å². The number of nitrogens with two attached hydrogens (primary N) is 3. The Bertz CT molecular complexity index is 1150. The van der Waals surface area contributed by atoms with Gasteiger partial charge < -0.3 is 20.3 Å². The number of carbonyl (C=O) groups excluding carboxylic acids is 2. The fourth-order valence-corrected chi connectivity index (χ4v) is 5.48. The molecular formula is C30H48N8O5PPb. The summed E-state index contributed by atoms with van der Waals surface area (Å²) in [6, 6.07) is 16.0. The van der Waals surface area contributed by atoms with Gasteiger partial charge in [0.05, 0.1) is 0 Å². The number of hydrogen-bond donors (Lipinski definition) is 9. The number of benzene rings is 2. The van der Waals surface area contributed by atoms with Gasteiger partial charge in [0, 0.05) is 6.54 Å². The molecule has 2 aromatic carbocycles. The number of nitrogens with one attached hydrogen (secondary N) is 4. The van der Waals surface area contributed by atoms with E-state index in [1.54, 1.807) is 24.3 Å². The molecule has 0 saturated carbocycles. The second-order valence-corrected chi connectivity index (χ2v) is 12.9. The molecule has 12 N–H and O–H groups in total. The molecule has 13 nitrogen and oxygen atoms in total. The van der Waals surface area contributed by atoms with Crippen molar-refractivity contribution in [1.29, 1.82) is 0 Å². The Kier molecular flexibility index (Phi) is 19.9. The van der Waals surface area contributed by atoms with E-state index in [1.165, 1.54) is 11.2 Å². The first-order valence-electron chi connectivity index (χ1n) is 15.0. The molecule has 2 rings (SSSR count). The summed E-state index contributed by atoms with van der Waals surface area (Å²) in [6.45, 7) is 2.15. The molecule has 2 unspecified atom stereocenters. The van der Waals surface area contributed by atoms with Crippen molar-refractivity contribution >= 4 is 46.0 Å². The average Bonchev–Trinajstić information content (AvgIpc) is 3.03. The topological polar surface area (TPSA) is 213 Å². The van der Waals surface area contributed by atoms with Crippen molar-refractivity contribution in [1.82, 2.24) is 26.3 Å². The standard InChI is InChI=1S/C30H48N8O5P.Pb/c1-34-20-28(39)37-27(29(40)35-17-8-3-2-7-16-31)15-18-38(33)21-25(32)22-43-26-13-11-24(12-14-26)30(44(41)42)36-19-23-9-5-4-6-10-23;/h4-6,9-14,21,27,30,34,36,41-42H,1-3,7-8,15-20,22,31-33H2,(H,35,40)(H,37,39);/b25-21-;. The van der Waals surface area contributed by atoms with Gasteiger partial charge in [0.2, 0.25) is 0 Å². The van der Waals surface area contributed by atoms with Crippen LogP contribution >= 0.6 is 8.38 Å². The van der Waals surface area contributed by atoms with Gasteiger partial charge in [-0.25, -0.2) is 0 Å². The van der Waals surface area contributed by atoms with Crippen molar-refractivity contribution < 1.29 is 24.1 Å². The SMILES string of the molecule is NCCCCCCNC(=O)C(CCN(N)/C=C(\N)COc1ccc(C(NCc2ccccc2)P(O)O)cc1)NC(=O)CN[CH2][Pb]. The Hall–Kier alpha value is -2.37. The molecule has 0 spiro atoms. The van der Waals surface area contributed by atoms with Crippen LogP contribution in [0.15, 0.2) is 66.5 Å². The van der Waals surface area contributed by atoms with E-state index in [9.17, 15) is 19.4 Å². The van der Waals surface area contributed by atoms with Crippen molar-refractivity contribution in [3.05, 3.63) is 77.6 Å². The molecule has 45 heavy (non-hydrogen) atoms. The quantitative estimate of drug-likeness (QED) is 0.0245. The number of hydrogen-bond acceptors (Lipinski definition) is 11. The predicted octanol–water partition coefficient (Wildman–Crippen LogP) is 0.352. The zero-order valence-electron chi connectivity index (χ0n) is 25.7. The van der Waals surface area contributed by atoms with Crippen molar-refractivity contribution in [2.24, 2.45) is 17.3 Å². The van der Waals surface area contributed by atoms with Crippen LogP contribution < -0.4 is 43.3 Å². The predicted molar refractivity (Wildman–Crippen MR) is 178 cm³/mol. The van der Waals surface area contributed by atoms with E-state index in [4.69, 9.17) is 22.0 Å². The molecule has 0 aromatic heterocycles. The molecule has 0 saturated heterocycles. The van der Waals surface area contributed by atoms with Gasteiger partial charge in [0.15, 0.2) is 8.38 Å². The summed E-state index contributed by atoms with van der Waals surface area (Å²) in [7, 11) is -2.26. The fraction of sp³-hybridized carbons (Fsp3) is 0.467. The number of ether oxygens (including phenoxy) is 1. The van der Waals surface area contributed by atoms with Crippen LogP contribution in [0.2, 0.25) is 0 Å². The van der Waals surface area contributed by atoms with E-state index >= 15 is 0 Å². The summed E-state index contributed by atoms with van der Waals surface area (Å²) >= 11 is 0.924. The van der Waals surface area contributed by atoms with E-state index in [1.807, 2.05) is 30.3 Å². The Morgan fingerprint density at radius 3 is 2.42 bits per heavy atom. The van der Waals surface area contributed by atoms with Gasteiger partial charge in [0.25, 0.3) is 0 Å². The van der Waals surface area contributed by atoms with Gasteiger partial charge in [0.1, 0.15) is 11.5 Å². The monoisotopic (exact) mass is 839 g/mol. The number of rotatable bonds is 23. The molecule has 0 heterocycles. The first kappa shape index (κ1) is 38.8. The maximum atomic E-state index is 12.8. The normalized spacial score (nSPS) is 12.9. The van der Waals surface area contributed by atoms with Crippen LogP contribution in [0, 0.1) is 0 Å². The first-order chi connectivity index (χ1) is 21.7. The number of amides is 2. The minimum atomic E-state index is -2.26. The van der Waals surface area contributed by atoms with E-state index < -0.39 is 20.2 Å². The number of hydrazine groups is 1.